The molecule has 0 aliphatic heterocycles. The monoisotopic (exact) mass is 1070 g/mol. The van der Waals surface area contributed by atoms with Gasteiger partial charge in [0.25, 0.3) is 0 Å². The van der Waals surface area contributed by atoms with Crippen LogP contribution in [0.25, 0.3) is 0 Å². The first-order chi connectivity index (χ1) is 38.0. The lowest BCUT2D eigenvalue weighted by atomic mass is 10.1. The molecule has 0 radical (unpaired) electrons. The molecule has 0 aromatic rings. The Morgan fingerprint density at radius 2 is 0.468 bits per heavy atom. The van der Waals surface area contributed by atoms with Gasteiger partial charge < -0.3 is 14.2 Å². The van der Waals surface area contributed by atoms with Crippen LogP contribution in [0.2, 0.25) is 0 Å². The van der Waals surface area contributed by atoms with E-state index in [0.717, 1.165) is 83.5 Å². The first kappa shape index (κ1) is 73.8. The smallest absolute Gasteiger partial charge is 0.306 e. The number of carbonyl (C=O) groups excluding carboxylic acids is 3. The van der Waals surface area contributed by atoms with Gasteiger partial charge in [0.1, 0.15) is 13.2 Å². The fourth-order valence-electron chi connectivity index (χ4n) is 9.59. The van der Waals surface area contributed by atoms with Gasteiger partial charge in [0, 0.05) is 19.3 Å². The number of unbranched alkanes of at least 4 members (excludes halogenated alkanes) is 38. The third-order valence-corrected chi connectivity index (χ3v) is 14.7. The molecule has 0 fully saturated rings. The van der Waals surface area contributed by atoms with Crippen molar-refractivity contribution in [2.45, 2.75) is 348 Å². The second-order valence-electron chi connectivity index (χ2n) is 22.4. The van der Waals surface area contributed by atoms with Crippen molar-refractivity contribution in [1.82, 2.24) is 0 Å². The minimum Gasteiger partial charge on any atom is -0.462 e. The van der Waals surface area contributed by atoms with E-state index in [9.17, 15) is 14.4 Å². The third-order valence-electron chi connectivity index (χ3n) is 14.7. The van der Waals surface area contributed by atoms with Crippen LogP contribution in [0.3, 0.4) is 0 Å². The van der Waals surface area contributed by atoms with E-state index in [0.29, 0.717) is 19.3 Å². The zero-order valence-corrected chi connectivity index (χ0v) is 51.2. The lowest BCUT2D eigenvalue weighted by Crippen LogP contribution is -2.30. The van der Waals surface area contributed by atoms with E-state index in [1.807, 2.05) is 0 Å². The van der Waals surface area contributed by atoms with Gasteiger partial charge in [0.15, 0.2) is 6.10 Å². The van der Waals surface area contributed by atoms with Crippen LogP contribution in [0.15, 0.2) is 72.9 Å². The summed E-state index contributed by atoms with van der Waals surface area (Å²) < 4.78 is 17.0. The Hall–Kier alpha value is -3.15. The molecule has 0 saturated heterocycles. The van der Waals surface area contributed by atoms with Crippen molar-refractivity contribution in [3.8, 4) is 0 Å². The fourth-order valence-corrected chi connectivity index (χ4v) is 9.59. The van der Waals surface area contributed by atoms with Gasteiger partial charge in [-0.25, -0.2) is 0 Å². The van der Waals surface area contributed by atoms with Gasteiger partial charge in [-0.15, -0.1) is 0 Å². The first-order valence-electron chi connectivity index (χ1n) is 33.4. The van der Waals surface area contributed by atoms with E-state index in [2.05, 4.69) is 93.7 Å². The maximum Gasteiger partial charge on any atom is 0.306 e. The minimum atomic E-state index is -0.785. The summed E-state index contributed by atoms with van der Waals surface area (Å²) >= 11 is 0. The number of esters is 3. The SMILES string of the molecule is CCCCC/C=C\C/C=C\CCCCCCCCCC(=O)OC(COC(=O)CCCCCCCCC/C=C\CCCCCCCC)COC(=O)CCCCCCCCCCCC/C=C\C/C=C\C/C=C\CCCCCCC. The van der Waals surface area contributed by atoms with E-state index in [1.54, 1.807) is 0 Å². The highest BCUT2D eigenvalue weighted by atomic mass is 16.6. The average molecular weight is 1080 g/mol. The topological polar surface area (TPSA) is 78.9 Å². The molecule has 6 nitrogen and oxygen atoms in total. The minimum absolute atomic E-state index is 0.0805. The Balaban J connectivity index is 4.35. The lowest BCUT2D eigenvalue weighted by molar-refractivity contribution is -0.167. The van der Waals surface area contributed by atoms with E-state index in [-0.39, 0.29) is 31.1 Å². The molecular formula is C71H126O6. The van der Waals surface area contributed by atoms with E-state index in [1.165, 1.54) is 218 Å². The van der Waals surface area contributed by atoms with Crippen molar-refractivity contribution in [3.63, 3.8) is 0 Å². The van der Waals surface area contributed by atoms with Crippen LogP contribution in [-0.2, 0) is 28.6 Å². The Morgan fingerprint density at radius 3 is 0.766 bits per heavy atom. The fraction of sp³-hybridized carbons (Fsp3) is 0.789. The van der Waals surface area contributed by atoms with Gasteiger partial charge in [-0.1, -0.05) is 280 Å². The van der Waals surface area contributed by atoms with Crippen LogP contribution in [0.1, 0.15) is 342 Å². The predicted octanol–water partition coefficient (Wildman–Crippen LogP) is 22.9. The maximum atomic E-state index is 12.9. The molecule has 77 heavy (non-hydrogen) atoms. The molecule has 0 heterocycles. The molecular weight excluding hydrogens is 949 g/mol. The number of hydrogen-bond acceptors (Lipinski definition) is 6. The Labute approximate surface area is 478 Å². The second kappa shape index (κ2) is 65.4. The first-order valence-corrected chi connectivity index (χ1v) is 33.4. The maximum absolute atomic E-state index is 12.9. The second-order valence-corrected chi connectivity index (χ2v) is 22.4. The van der Waals surface area contributed by atoms with Crippen molar-refractivity contribution in [2.24, 2.45) is 0 Å². The van der Waals surface area contributed by atoms with Gasteiger partial charge in [-0.05, 0) is 116 Å². The largest absolute Gasteiger partial charge is 0.462 e. The van der Waals surface area contributed by atoms with Crippen molar-refractivity contribution >= 4 is 17.9 Å². The molecule has 0 bridgehead atoms. The molecule has 0 N–H and O–H groups in total. The van der Waals surface area contributed by atoms with Gasteiger partial charge in [0.2, 0.25) is 0 Å². The van der Waals surface area contributed by atoms with Crippen LogP contribution < -0.4 is 0 Å². The quantitative estimate of drug-likeness (QED) is 0.0261. The summed E-state index contributed by atoms with van der Waals surface area (Å²) in [6.07, 6.45) is 84.7. The molecule has 0 aliphatic carbocycles. The number of rotatable bonds is 61. The molecule has 0 spiro atoms. The van der Waals surface area contributed by atoms with Crippen LogP contribution in [0, 0.1) is 0 Å². The zero-order valence-electron chi connectivity index (χ0n) is 51.2. The van der Waals surface area contributed by atoms with E-state index in [4.69, 9.17) is 14.2 Å². The molecule has 6 heteroatoms. The summed E-state index contributed by atoms with van der Waals surface area (Å²) in [5, 5.41) is 0. The molecule has 1 unspecified atom stereocenters. The summed E-state index contributed by atoms with van der Waals surface area (Å²) in [7, 11) is 0. The Kier molecular flexibility index (Phi) is 62.7. The Morgan fingerprint density at radius 1 is 0.260 bits per heavy atom. The summed E-state index contributed by atoms with van der Waals surface area (Å²) in [5.74, 6) is -0.880. The number of ether oxygens (including phenoxy) is 3. The summed E-state index contributed by atoms with van der Waals surface area (Å²) in [6.45, 7) is 6.63. The third kappa shape index (κ3) is 63.6. The summed E-state index contributed by atoms with van der Waals surface area (Å²) in [4.78, 5) is 38.4. The molecule has 1 atom stereocenters. The summed E-state index contributed by atoms with van der Waals surface area (Å²) in [6, 6.07) is 0. The van der Waals surface area contributed by atoms with Gasteiger partial charge in [-0.2, -0.15) is 0 Å². The molecule has 0 saturated carbocycles. The van der Waals surface area contributed by atoms with Crippen molar-refractivity contribution < 1.29 is 28.6 Å². The molecule has 0 aliphatic rings. The highest BCUT2D eigenvalue weighted by Crippen LogP contribution is 2.16. The van der Waals surface area contributed by atoms with Crippen LogP contribution in [0.4, 0.5) is 0 Å². The Bertz CT molecular complexity index is 1420. The highest BCUT2D eigenvalue weighted by Gasteiger charge is 2.19. The van der Waals surface area contributed by atoms with Gasteiger partial charge in [0.05, 0.1) is 0 Å². The van der Waals surface area contributed by atoms with E-state index < -0.39 is 6.10 Å². The van der Waals surface area contributed by atoms with Crippen molar-refractivity contribution in [2.75, 3.05) is 13.2 Å². The highest BCUT2D eigenvalue weighted by molar-refractivity contribution is 5.71. The standard InChI is InChI=1S/C71H126O6/c1-4-7-10-13-16-19-22-25-28-31-32-33-34-35-36-37-38-41-43-46-49-52-55-58-61-64-70(73)76-67-68(77-71(74)65-62-59-56-53-50-47-44-40-30-27-24-21-18-15-12-9-6-3)66-75-69(72)63-60-57-54-51-48-45-42-39-29-26-23-20-17-14-11-8-5-2/h18,21-22,25-27,29-32,34-35,68H,4-17,19-20,23-24,28,33,36-67H2,1-3H3/b21-18-,25-22-,29-26-,30-27-,32-31-,35-34-. The van der Waals surface area contributed by atoms with Crippen molar-refractivity contribution in [1.29, 1.82) is 0 Å². The molecule has 0 aromatic carbocycles. The van der Waals surface area contributed by atoms with Crippen LogP contribution >= 0.6 is 0 Å². The van der Waals surface area contributed by atoms with Crippen LogP contribution in [-0.4, -0.2) is 37.2 Å². The normalized spacial score (nSPS) is 12.5. The van der Waals surface area contributed by atoms with Crippen molar-refractivity contribution in [3.05, 3.63) is 72.9 Å². The lowest BCUT2D eigenvalue weighted by Gasteiger charge is -2.18. The van der Waals surface area contributed by atoms with E-state index >= 15 is 0 Å². The molecule has 0 rings (SSSR count). The van der Waals surface area contributed by atoms with Crippen LogP contribution in [0.5, 0.6) is 0 Å². The zero-order chi connectivity index (χ0) is 55.7. The predicted molar refractivity (Wildman–Crippen MR) is 335 cm³/mol. The number of hydrogen-bond donors (Lipinski definition) is 0. The average Bonchev–Trinajstić information content (AvgIpc) is 3.43. The summed E-state index contributed by atoms with van der Waals surface area (Å²) in [5.41, 5.74) is 0. The molecule has 446 valence electrons. The van der Waals surface area contributed by atoms with Gasteiger partial charge >= 0.3 is 17.9 Å². The number of carbonyl (C=O) groups is 3. The van der Waals surface area contributed by atoms with Gasteiger partial charge in [-0.3, -0.25) is 14.4 Å². The molecule has 0 aromatic heterocycles. The molecule has 0 amide bonds. The number of allylic oxidation sites excluding steroid dienone is 12.